The van der Waals surface area contributed by atoms with E-state index in [1.807, 2.05) is 24.3 Å². The quantitative estimate of drug-likeness (QED) is 0.130. The van der Waals surface area contributed by atoms with Crippen molar-refractivity contribution in [1.29, 1.82) is 0 Å². The van der Waals surface area contributed by atoms with Crippen LogP contribution in [0.2, 0.25) is 0 Å². The van der Waals surface area contributed by atoms with Gasteiger partial charge in [-0.3, -0.25) is 19.6 Å². The Morgan fingerprint density at radius 1 is 0.950 bits per heavy atom. The van der Waals surface area contributed by atoms with Crippen LogP contribution in [0.15, 0.2) is 72.8 Å². The fraction of sp³-hybridized carbons (Fsp3) is 0.233. The SMILES string of the molecule is C.COc1cccc(CNCC(=O)Nc2ccc(C#Cc3ccc(C(=O)N[C@H](C(=O)NO)[C@@H](C)O)cc3)cc2)c1. The average molecular weight is 547 g/mol. The van der Waals surface area contributed by atoms with Crippen LogP contribution in [0.5, 0.6) is 5.75 Å². The van der Waals surface area contributed by atoms with Crippen LogP contribution in [0.25, 0.3) is 0 Å². The number of rotatable bonds is 10. The summed E-state index contributed by atoms with van der Waals surface area (Å²) in [7, 11) is 1.61. The molecule has 3 amide bonds. The van der Waals surface area contributed by atoms with Gasteiger partial charge in [-0.05, 0) is 73.2 Å². The van der Waals surface area contributed by atoms with Crippen LogP contribution in [-0.4, -0.2) is 53.8 Å². The van der Waals surface area contributed by atoms with Crippen LogP contribution >= 0.6 is 0 Å². The standard InChI is InChI=1S/C29H30N4O6.CH4/c1-19(34)27(29(37)33-38)32-28(36)23-12-8-20(9-13-23)6-7-21-10-14-24(15-11-21)31-26(35)18-30-17-22-4-3-5-25(16-22)39-2;/h3-5,8-16,19,27,30,34,38H,17-18H2,1-2H3,(H,31,35)(H,32,36)(H,33,37);1H4/t19-,27+;/m1./s1. The fourth-order valence-corrected chi connectivity index (χ4v) is 3.49. The van der Waals surface area contributed by atoms with Gasteiger partial charge in [0.1, 0.15) is 11.8 Å². The van der Waals surface area contributed by atoms with Crippen molar-refractivity contribution >= 4 is 23.4 Å². The lowest BCUT2D eigenvalue weighted by molar-refractivity contribution is -0.133. The summed E-state index contributed by atoms with van der Waals surface area (Å²) in [4.78, 5) is 36.2. The zero-order valence-corrected chi connectivity index (χ0v) is 21.5. The molecule has 0 unspecified atom stereocenters. The molecule has 0 radical (unpaired) electrons. The minimum absolute atomic E-state index is 0. The van der Waals surface area contributed by atoms with Crippen LogP contribution in [-0.2, 0) is 16.1 Å². The number of anilines is 1. The summed E-state index contributed by atoms with van der Waals surface area (Å²) in [5.74, 6) is 5.11. The number of nitrogens with one attached hydrogen (secondary N) is 4. The molecule has 10 nitrogen and oxygen atoms in total. The average Bonchev–Trinajstić information content (AvgIpc) is 2.95. The fourth-order valence-electron chi connectivity index (χ4n) is 3.49. The molecule has 0 fully saturated rings. The summed E-state index contributed by atoms with van der Waals surface area (Å²) < 4.78 is 5.20. The first-order valence-corrected chi connectivity index (χ1v) is 12.1. The molecule has 6 N–H and O–H groups in total. The van der Waals surface area contributed by atoms with E-state index in [-0.39, 0.29) is 25.4 Å². The highest BCUT2D eigenvalue weighted by Crippen LogP contribution is 2.12. The topological polar surface area (TPSA) is 149 Å². The number of carbonyl (C=O) groups is 3. The van der Waals surface area contributed by atoms with Crippen LogP contribution in [0.1, 0.15) is 41.4 Å². The molecule has 0 aliphatic carbocycles. The first-order chi connectivity index (χ1) is 18.8. The van der Waals surface area contributed by atoms with E-state index in [0.717, 1.165) is 16.9 Å². The lowest BCUT2D eigenvalue weighted by atomic mass is 10.1. The lowest BCUT2D eigenvalue weighted by Crippen LogP contribution is -2.51. The van der Waals surface area contributed by atoms with E-state index >= 15 is 0 Å². The zero-order chi connectivity index (χ0) is 28.2. The van der Waals surface area contributed by atoms with Gasteiger partial charge in [-0.25, -0.2) is 5.48 Å². The number of aliphatic hydroxyl groups is 1. The van der Waals surface area contributed by atoms with Gasteiger partial charge in [0.2, 0.25) is 5.91 Å². The van der Waals surface area contributed by atoms with Gasteiger partial charge in [0, 0.05) is 28.9 Å². The monoisotopic (exact) mass is 546 g/mol. The Kier molecular flexibility index (Phi) is 12.3. The molecule has 0 aliphatic heterocycles. The second-order valence-corrected chi connectivity index (χ2v) is 8.58. The molecule has 2 atom stereocenters. The number of carbonyl (C=O) groups excluding carboxylic acids is 3. The molecule has 10 heteroatoms. The van der Waals surface area contributed by atoms with Gasteiger partial charge in [-0.2, -0.15) is 0 Å². The number of hydrogen-bond acceptors (Lipinski definition) is 7. The highest BCUT2D eigenvalue weighted by molar-refractivity contribution is 5.97. The van der Waals surface area contributed by atoms with E-state index in [1.165, 1.54) is 24.5 Å². The van der Waals surface area contributed by atoms with Crippen molar-refractivity contribution in [2.24, 2.45) is 0 Å². The molecular formula is C30H34N4O6. The van der Waals surface area contributed by atoms with E-state index in [9.17, 15) is 19.5 Å². The van der Waals surface area contributed by atoms with E-state index in [0.29, 0.717) is 17.8 Å². The Hall–Kier alpha value is -4.69. The van der Waals surface area contributed by atoms with Crippen molar-refractivity contribution in [2.75, 3.05) is 19.0 Å². The Morgan fingerprint density at radius 2 is 1.57 bits per heavy atom. The van der Waals surface area contributed by atoms with E-state index in [1.54, 1.807) is 43.5 Å². The normalized spacial score (nSPS) is 11.5. The van der Waals surface area contributed by atoms with Gasteiger partial charge in [0.25, 0.3) is 11.8 Å². The maximum absolute atomic E-state index is 12.4. The van der Waals surface area contributed by atoms with Crippen molar-refractivity contribution in [3.05, 3.63) is 95.1 Å². The maximum Gasteiger partial charge on any atom is 0.268 e. The molecule has 0 bridgehead atoms. The third-order valence-electron chi connectivity index (χ3n) is 5.58. The van der Waals surface area contributed by atoms with Gasteiger partial charge >= 0.3 is 0 Å². The van der Waals surface area contributed by atoms with Gasteiger partial charge in [-0.15, -0.1) is 0 Å². The number of hydrogen-bond donors (Lipinski definition) is 6. The van der Waals surface area contributed by atoms with Crippen molar-refractivity contribution in [3.63, 3.8) is 0 Å². The number of ether oxygens (including phenoxy) is 1. The second kappa shape index (κ2) is 15.7. The van der Waals surface area contributed by atoms with Crippen molar-refractivity contribution < 1.29 is 29.4 Å². The summed E-state index contributed by atoms with van der Waals surface area (Å²) in [5.41, 5.74) is 4.73. The Morgan fingerprint density at radius 3 is 2.15 bits per heavy atom. The molecule has 0 spiro atoms. The van der Waals surface area contributed by atoms with Gasteiger partial charge in [0.15, 0.2) is 0 Å². The lowest BCUT2D eigenvalue weighted by Gasteiger charge is -2.19. The zero-order valence-electron chi connectivity index (χ0n) is 21.5. The van der Waals surface area contributed by atoms with Crippen molar-refractivity contribution in [1.82, 2.24) is 16.1 Å². The molecular weight excluding hydrogens is 512 g/mol. The number of benzene rings is 3. The Balaban J connectivity index is 0.00000560. The van der Waals surface area contributed by atoms with Crippen LogP contribution in [0, 0.1) is 11.8 Å². The molecule has 40 heavy (non-hydrogen) atoms. The van der Waals surface area contributed by atoms with Crippen LogP contribution in [0.4, 0.5) is 5.69 Å². The van der Waals surface area contributed by atoms with Crippen LogP contribution < -0.4 is 26.2 Å². The Labute approximate surface area is 233 Å². The van der Waals surface area contributed by atoms with E-state index in [4.69, 9.17) is 9.94 Å². The van der Waals surface area contributed by atoms with Crippen molar-refractivity contribution in [3.8, 4) is 17.6 Å². The molecule has 3 rings (SSSR count). The maximum atomic E-state index is 12.4. The predicted molar refractivity (Wildman–Crippen MR) is 152 cm³/mol. The highest BCUT2D eigenvalue weighted by atomic mass is 16.5. The predicted octanol–water partition coefficient (Wildman–Crippen LogP) is 2.44. The molecule has 0 aromatic heterocycles. The summed E-state index contributed by atoms with van der Waals surface area (Å²) in [5, 5.41) is 26.7. The number of methoxy groups -OCH3 is 1. The molecule has 0 saturated heterocycles. The number of amides is 3. The minimum Gasteiger partial charge on any atom is -0.497 e. The molecule has 0 saturated carbocycles. The molecule has 210 valence electrons. The molecule has 3 aromatic carbocycles. The van der Waals surface area contributed by atoms with Gasteiger partial charge < -0.3 is 25.8 Å². The minimum atomic E-state index is -1.30. The van der Waals surface area contributed by atoms with Crippen molar-refractivity contribution in [2.45, 2.75) is 33.0 Å². The van der Waals surface area contributed by atoms with Gasteiger partial charge in [-0.1, -0.05) is 31.4 Å². The van der Waals surface area contributed by atoms with E-state index in [2.05, 4.69) is 27.8 Å². The van der Waals surface area contributed by atoms with E-state index < -0.39 is 24.0 Å². The summed E-state index contributed by atoms with van der Waals surface area (Å²) in [6.07, 6.45) is -1.20. The molecule has 0 heterocycles. The Bertz CT molecular complexity index is 1350. The van der Waals surface area contributed by atoms with Gasteiger partial charge in [0.05, 0.1) is 19.8 Å². The first-order valence-electron chi connectivity index (χ1n) is 12.1. The second-order valence-electron chi connectivity index (χ2n) is 8.58. The number of aliphatic hydroxyl groups excluding tert-OH is 1. The molecule has 0 aliphatic rings. The van der Waals surface area contributed by atoms with Crippen LogP contribution in [0.3, 0.4) is 0 Å². The summed E-state index contributed by atoms with van der Waals surface area (Å²) >= 11 is 0. The third kappa shape index (κ3) is 9.56. The third-order valence-corrected chi connectivity index (χ3v) is 5.58. The highest BCUT2D eigenvalue weighted by Gasteiger charge is 2.25. The molecule has 3 aromatic rings. The summed E-state index contributed by atoms with van der Waals surface area (Å²) in [6.45, 7) is 2.01. The largest absolute Gasteiger partial charge is 0.497 e. The first kappa shape index (κ1) is 31.5. The smallest absolute Gasteiger partial charge is 0.268 e. The number of hydroxylamine groups is 1. The summed E-state index contributed by atoms with van der Waals surface area (Å²) in [6, 6.07) is 19.8.